The number of fused-ring (bicyclic) bond motifs is 1. The highest BCUT2D eigenvalue weighted by molar-refractivity contribution is 5.35. The Morgan fingerprint density at radius 3 is 2.59 bits per heavy atom. The SMILES string of the molecule is CCCN(Cc1ccccc1)Cn1nc2ccccn2c1=O. The quantitative estimate of drug-likeness (QED) is 0.701. The van der Waals surface area contributed by atoms with E-state index in [0.717, 1.165) is 19.5 Å². The standard InChI is InChI=1S/C17H20N4O/c1-2-11-19(13-15-8-4-3-5-9-15)14-21-17(22)20-12-7-6-10-16(20)18-21/h3-10,12H,2,11,13-14H2,1H3. The molecule has 0 atom stereocenters. The van der Waals surface area contributed by atoms with Gasteiger partial charge in [-0.1, -0.05) is 43.3 Å². The van der Waals surface area contributed by atoms with Crippen LogP contribution in [0.1, 0.15) is 18.9 Å². The van der Waals surface area contributed by atoms with Crippen molar-refractivity contribution in [3.63, 3.8) is 0 Å². The lowest BCUT2D eigenvalue weighted by Gasteiger charge is -2.21. The number of hydrogen-bond acceptors (Lipinski definition) is 3. The van der Waals surface area contributed by atoms with Crippen LogP contribution in [0.5, 0.6) is 0 Å². The summed E-state index contributed by atoms with van der Waals surface area (Å²) in [4.78, 5) is 14.6. The molecular formula is C17H20N4O. The van der Waals surface area contributed by atoms with Crippen molar-refractivity contribution in [3.05, 3.63) is 70.8 Å². The third-order valence-corrected chi connectivity index (χ3v) is 3.61. The minimum absolute atomic E-state index is 0.0928. The van der Waals surface area contributed by atoms with Gasteiger partial charge in [0, 0.05) is 12.7 Å². The molecule has 0 saturated carbocycles. The van der Waals surface area contributed by atoms with Crippen LogP contribution in [0.2, 0.25) is 0 Å². The van der Waals surface area contributed by atoms with Gasteiger partial charge in [-0.3, -0.25) is 9.30 Å². The van der Waals surface area contributed by atoms with E-state index in [4.69, 9.17) is 0 Å². The van der Waals surface area contributed by atoms with Gasteiger partial charge in [-0.05, 0) is 30.7 Å². The van der Waals surface area contributed by atoms with Crippen molar-refractivity contribution in [2.75, 3.05) is 6.54 Å². The molecule has 0 aliphatic heterocycles. The minimum Gasteiger partial charge on any atom is -0.280 e. The lowest BCUT2D eigenvalue weighted by Crippen LogP contribution is -2.33. The van der Waals surface area contributed by atoms with Gasteiger partial charge in [-0.15, -0.1) is 5.10 Å². The monoisotopic (exact) mass is 296 g/mol. The van der Waals surface area contributed by atoms with E-state index in [2.05, 4.69) is 29.1 Å². The molecule has 0 fully saturated rings. The molecule has 0 unspecified atom stereocenters. The van der Waals surface area contributed by atoms with Crippen LogP contribution in [0.3, 0.4) is 0 Å². The molecule has 0 radical (unpaired) electrons. The molecule has 1 aromatic carbocycles. The molecule has 22 heavy (non-hydrogen) atoms. The molecule has 5 heteroatoms. The first-order valence-corrected chi connectivity index (χ1v) is 7.58. The maximum Gasteiger partial charge on any atom is 0.351 e. The van der Waals surface area contributed by atoms with E-state index in [1.807, 2.05) is 36.4 Å². The number of aromatic nitrogens is 3. The first-order chi connectivity index (χ1) is 10.8. The fourth-order valence-corrected chi connectivity index (χ4v) is 2.61. The van der Waals surface area contributed by atoms with Crippen LogP contribution < -0.4 is 5.69 Å². The average Bonchev–Trinajstić information content (AvgIpc) is 2.85. The number of rotatable bonds is 6. The molecule has 0 bridgehead atoms. The maximum atomic E-state index is 12.4. The zero-order valence-electron chi connectivity index (χ0n) is 12.7. The molecule has 2 heterocycles. The third-order valence-electron chi connectivity index (χ3n) is 3.61. The fourth-order valence-electron chi connectivity index (χ4n) is 2.61. The Morgan fingerprint density at radius 1 is 1.09 bits per heavy atom. The van der Waals surface area contributed by atoms with Crippen molar-refractivity contribution in [1.29, 1.82) is 0 Å². The molecule has 2 aromatic heterocycles. The van der Waals surface area contributed by atoms with Crippen LogP contribution in [-0.4, -0.2) is 25.6 Å². The van der Waals surface area contributed by atoms with E-state index in [1.165, 1.54) is 10.2 Å². The Kier molecular flexibility index (Phi) is 4.34. The van der Waals surface area contributed by atoms with E-state index in [-0.39, 0.29) is 5.69 Å². The molecule has 3 aromatic rings. The number of pyridine rings is 1. The predicted molar refractivity (Wildman–Crippen MR) is 86.6 cm³/mol. The summed E-state index contributed by atoms with van der Waals surface area (Å²) < 4.78 is 3.11. The summed E-state index contributed by atoms with van der Waals surface area (Å²) in [5.41, 5.74) is 1.83. The highest BCUT2D eigenvalue weighted by Crippen LogP contribution is 2.06. The molecule has 0 aliphatic rings. The largest absolute Gasteiger partial charge is 0.351 e. The van der Waals surface area contributed by atoms with Crippen molar-refractivity contribution < 1.29 is 0 Å². The molecule has 0 N–H and O–H groups in total. The van der Waals surface area contributed by atoms with E-state index in [1.54, 1.807) is 10.6 Å². The maximum absolute atomic E-state index is 12.4. The summed E-state index contributed by atoms with van der Waals surface area (Å²) in [5, 5.41) is 4.40. The molecular weight excluding hydrogens is 276 g/mol. The summed E-state index contributed by atoms with van der Waals surface area (Å²) in [7, 11) is 0. The number of benzene rings is 1. The van der Waals surface area contributed by atoms with Crippen LogP contribution in [-0.2, 0) is 13.2 Å². The second-order valence-corrected chi connectivity index (χ2v) is 5.39. The second kappa shape index (κ2) is 6.58. The lowest BCUT2D eigenvalue weighted by molar-refractivity contribution is 0.195. The Bertz CT molecular complexity index is 791. The molecule has 3 rings (SSSR count). The molecule has 0 spiro atoms. The van der Waals surface area contributed by atoms with Crippen molar-refractivity contribution in [3.8, 4) is 0 Å². The van der Waals surface area contributed by atoms with E-state index in [9.17, 15) is 4.79 Å². The van der Waals surface area contributed by atoms with Crippen molar-refractivity contribution >= 4 is 5.65 Å². The van der Waals surface area contributed by atoms with E-state index in [0.29, 0.717) is 12.3 Å². The van der Waals surface area contributed by atoms with Crippen LogP contribution in [0.25, 0.3) is 5.65 Å². The summed E-state index contributed by atoms with van der Waals surface area (Å²) in [6.45, 7) is 4.39. The second-order valence-electron chi connectivity index (χ2n) is 5.39. The lowest BCUT2D eigenvalue weighted by atomic mass is 10.2. The smallest absolute Gasteiger partial charge is 0.280 e. The van der Waals surface area contributed by atoms with E-state index < -0.39 is 0 Å². The molecule has 0 aliphatic carbocycles. The summed E-state index contributed by atoms with van der Waals surface area (Å²) in [6, 6.07) is 15.9. The van der Waals surface area contributed by atoms with Gasteiger partial charge in [0.05, 0.1) is 6.67 Å². The summed E-state index contributed by atoms with van der Waals surface area (Å²) in [6.07, 6.45) is 2.79. The zero-order chi connectivity index (χ0) is 15.4. The first-order valence-electron chi connectivity index (χ1n) is 7.58. The van der Waals surface area contributed by atoms with Gasteiger partial charge in [-0.2, -0.15) is 4.68 Å². The van der Waals surface area contributed by atoms with Gasteiger partial charge in [0.15, 0.2) is 5.65 Å². The Labute approximate surface area is 129 Å². The first kappa shape index (κ1) is 14.5. The van der Waals surface area contributed by atoms with Gasteiger partial charge in [0.1, 0.15) is 0 Å². The average molecular weight is 296 g/mol. The highest BCUT2D eigenvalue weighted by Gasteiger charge is 2.11. The van der Waals surface area contributed by atoms with Gasteiger partial charge in [-0.25, -0.2) is 4.79 Å². The molecule has 5 nitrogen and oxygen atoms in total. The predicted octanol–water partition coefficient (Wildman–Crippen LogP) is 2.37. The molecule has 114 valence electrons. The van der Waals surface area contributed by atoms with Crippen LogP contribution in [0.15, 0.2) is 59.5 Å². The summed E-state index contributed by atoms with van der Waals surface area (Å²) >= 11 is 0. The molecule has 0 amide bonds. The Morgan fingerprint density at radius 2 is 1.86 bits per heavy atom. The van der Waals surface area contributed by atoms with Gasteiger partial charge < -0.3 is 0 Å². The van der Waals surface area contributed by atoms with Gasteiger partial charge >= 0.3 is 5.69 Å². The normalized spacial score (nSPS) is 11.4. The van der Waals surface area contributed by atoms with Crippen molar-refractivity contribution in [2.24, 2.45) is 0 Å². The number of hydrogen-bond donors (Lipinski definition) is 0. The zero-order valence-corrected chi connectivity index (χ0v) is 12.7. The van der Waals surface area contributed by atoms with Gasteiger partial charge in [0.25, 0.3) is 0 Å². The van der Waals surface area contributed by atoms with Crippen molar-refractivity contribution in [1.82, 2.24) is 19.1 Å². The van der Waals surface area contributed by atoms with Crippen molar-refractivity contribution in [2.45, 2.75) is 26.6 Å². The van der Waals surface area contributed by atoms with E-state index >= 15 is 0 Å². The van der Waals surface area contributed by atoms with Crippen LogP contribution in [0.4, 0.5) is 0 Å². The third kappa shape index (κ3) is 3.09. The summed E-state index contributed by atoms with van der Waals surface area (Å²) in [5.74, 6) is 0. The van der Waals surface area contributed by atoms with Crippen LogP contribution >= 0.6 is 0 Å². The minimum atomic E-state index is -0.0928. The van der Waals surface area contributed by atoms with Crippen LogP contribution in [0, 0.1) is 0 Å². The Balaban J connectivity index is 1.83. The highest BCUT2D eigenvalue weighted by atomic mass is 16.2. The Hall–Kier alpha value is -2.40. The number of nitrogens with zero attached hydrogens (tertiary/aromatic N) is 4. The molecule has 0 saturated heterocycles. The fraction of sp³-hybridized carbons (Fsp3) is 0.294. The topological polar surface area (TPSA) is 42.5 Å². The van der Waals surface area contributed by atoms with Gasteiger partial charge in [0.2, 0.25) is 0 Å².